The summed E-state index contributed by atoms with van der Waals surface area (Å²) >= 11 is 0. The minimum Gasteiger partial charge on any atom is -0.481 e. The molecule has 1 fully saturated rings. The van der Waals surface area contributed by atoms with Gasteiger partial charge in [-0.2, -0.15) is 0 Å². The number of carboxylic acid groups (broad SMARTS) is 1. The predicted octanol–water partition coefficient (Wildman–Crippen LogP) is 1.87. The van der Waals surface area contributed by atoms with Crippen LogP contribution in [0.4, 0.5) is 0 Å². The highest BCUT2D eigenvalue weighted by molar-refractivity contribution is 5.74. The number of nitrogens with zero attached hydrogens (tertiary/aromatic N) is 2. The van der Waals surface area contributed by atoms with Crippen molar-refractivity contribution in [1.82, 2.24) is 9.55 Å². The van der Waals surface area contributed by atoms with Crippen LogP contribution < -0.4 is 0 Å². The van der Waals surface area contributed by atoms with Crippen molar-refractivity contribution < 1.29 is 9.90 Å². The maximum Gasteiger partial charge on any atom is 0.313 e. The number of aromatic nitrogens is 2. The lowest BCUT2D eigenvalue weighted by molar-refractivity contribution is -0.138. The Balaban J connectivity index is 2.10. The van der Waals surface area contributed by atoms with Crippen LogP contribution in [0.25, 0.3) is 0 Å². The van der Waals surface area contributed by atoms with E-state index < -0.39 is 11.9 Å². The van der Waals surface area contributed by atoms with Crippen molar-refractivity contribution in [2.24, 2.45) is 5.92 Å². The Bertz CT molecular complexity index is 355. The molecule has 15 heavy (non-hydrogen) atoms. The van der Waals surface area contributed by atoms with Crippen LogP contribution in [0.15, 0.2) is 12.4 Å². The maximum atomic E-state index is 10.9. The van der Waals surface area contributed by atoms with Gasteiger partial charge in [-0.1, -0.05) is 6.42 Å². The third kappa shape index (κ3) is 2.03. The van der Waals surface area contributed by atoms with E-state index in [1.807, 2.05) is 10.8 Å². The number of hydrogen-bond acceptors (Lipinski definition) is 2. The Morgan fingerprint density at radius 3 is 3.00 bits per heavy atom. The van der Waals surface area contributed by atoms with Crippen molar-refractivity contribution in [1.29, 1.82) is 0 Å². The first-order valence-electron chi connectivity index (χ1n) is 5.42. The van der Waals surface area contributed by atoms with Gasteiger partial charge in [-0.15, -0.1) is 0 Å². The number of carbonyl (C=O) groups is 1. The van der Waals surface area contributed by atoms with E-state index in [1.54, 1.807) is 13.1 Å². The molecule has 0 saturated heterocycles. The summed E-state index contributed by atoms with van der Waals surface area (Å²) in [7, 11) is 0. The van der Waals surface area contributed by atoms with Gasteiger partial charge in [-0.25, -0.2) is 4.98 Å². The third-order valence-electron chi connectivity index (χ3n) is 3.19. The van der Waals surface area contributed by atoms with E-state index in [2.05, 4.69) is 4.98 Å². The monoisotopic (exact) mass is 208 g/mol. The zero-order valence-corrected chi connectivity index (χ0v) is 8.89. The van der Waals surface area contributed by atoms with Crippen molar-refractivity contribution in [2.75, 3.05) is 0 Å². The number of hydrogen-bond donors (Lipinski definition) is 1. The molecule has 0 aromatic carbocycles. The van der Waals surface area contributed by atoms with Gasteiger partial charge < -0.3 is 9.67 Å². The van der Waals surface area contributed by atoms with Crippen LogP contribution >= 0.6 is 0 Å². The van der Waals surface area contributed by atoms with Gasteiger partial charge in [0.1, 0.15) is 11.7 Å². The molecule has 0 radical (unpaired) electrons. The summed E-state index contributed by atoms with van der Waals surface area (Å²) < 4.78 is 1.99. The molecule has 2 rings (SSSR count). The number of rotatable bonds is 4. The fourth-order valence-corrected chi connectivity index (χ4v) is 1.92. The lowest BCUT2D eigenvalue weighted by Gasteiger charge is -2.26. The zero-order chi connectivity index (χ0) is 10.8. The molecule has 1 unspecified atom stereocenters. The summed E-state index contributed by atoms with van der Waals surface area (Å²) in [6.07, 6.45) is 7.40. The largest absolute Gasteiger partial charge is 0.481 e. The molecule has 1 aromatic rings. The fraction of sp³-hybridized carbons (Fsp3) is 0.636. The average Bonchev–Trinajstić information content (AvgIpc) is 2.57. The molecule has 82 valence electrons. The molecule has 1 saturated carbocycles. The SMILES string of the molecule is CC(C(=O)O)c1nccn1CC1CCC1. The molecule has 1 N–H and O–H groups in total. The molecule has 1 atom stereocenters. The Morgan fingerprint density at radius 2 is 2.47 bits per heavy atom. The van der Waals surface area contributed by atoms with E-state index in [4.69, 9.17) is 5.11 Å². The van der Waals surface area contributed by atoms with Crippen molar-refractivity contribution in [3.63, 3.8) is 0 Å². The topological polar surface area (TPSA) is 55.1 Å². The molecular weight excluding hydrogens is 192 g/mol. The average molecular weight is 208 g/mol. The minimum atomic E-state index is -0.809. The second-order valence-corrected chi connectivity index (χ2v) is 4.29. The van der Waals surface area contributed by atoms with Crippen LogP contribution in [0.3, 0.4) is 0 Å². The van der Waals surface area contributed by atoms with Crippen LogP contribution in [0.1, 0.15) is 37.9 Å². The van der Waals surface area contributed by atoms with E-state index in [0.29, 0.717) is 5.82 Å². The van der Waals surface area contributed by atoms with E-state index in [-0.39, 0.29) is 0 Å². The van der Waals surface area contributed by atoms with E-state index >= 15 is 0 Å². The second kappa shape index (κ2) is 4.04. The van der Waals surface area contributed by atoms with Crippen molar-refractivity contribution in [3.05, 3.63) is 18.2 Å². The molecular formula is C11H16N2O2. The Kier molecular flexibility index (Phi) is 2.75. The number of carboxylic acids is 1. The minimum absolute atomic E-state index is 0.514. The van der Waals surface area contributed by atoms with Crippen molar-refractivity contribution in [3.8, 4) is 0 Å². The van der Waals surface area contributed by atoms with E-state index in [9.17, 15) is 4.79 Å². The molecule has 4 heteroatoms. The van der Waals surface area contributed by atoms with Gasteiger partial charge in [0.05, 0.1) is 0 Å². The highest BCUT2D eigenvalue weighted by atomic mass is 16.4. The molecule has 0 aliphatic heterocycles. The molecule has 4 nitrogen and oxygen atoms in total. The van der Waals surface area contributed by atoms with Gasteiger partial charge in [0.25, 0.3) is 0 Å². The number of imidazole rings is 1. The lowest BCUT2D eigenvalue weighted by Crippen LogP contribution is -2.21. The van der Waals surface area contributed by atoms with Crippen molar-refractivity contribution in [2.45, 2.75) is 38.6 Å². The first kappa shape index (κ1) is 10.2. The molecule has 1 aliphatic carbocycles. The smallest absolute Gasteiger partial charge is 0.313 e. The van der Waals surface area contributed by atoms with Crippen LogP contribution in [-0.2, 0) is 11.3 Å². The van der Waals surface area contributed by atoms with Gasteiger partial charge in [-0.3, -0.25) is 4.79 Å². The van der Waals surface area contributed by atoms with Gasteiger partial charge in [-0.05, 0) is 25.7 Å². The standard InChI is InChI=1S/C11H16N2O2/c1-8(11(14)15)10-12-5-6-13(10)7-9-3-2-4-9/h5-6,8-9H,2-4,7H2,1H3,(H,14,15). The van der Waals surface area contributed by atoms with E-state index in [1.165, 1.54) is 19.3 Å². The highest BCUT2D eigenvalue weighted by Crippen LogP contribution is 2.28. The Morgan fingerprint density at radius 1 is 1.73 bits per heavy atom. The molecule has 1 aliphatic rings. The summed E-state index contributed by atoms with van der Waals surface area (Å²) in [5, 5.41) is 8.93. The van der Waals surface area contributed by atoms with E-state index in [0.717, 1.165) is 12.5 Å². The van der Waals surface area contributed by atoms with Gasteiger partial charge in [0, 0.05) is 18.9 Å². The van der Waals surface area contributed by atoms with Gasteiger partial charge >= 0.3 is 5.97 Å². The molecule has 0 amide bonds. The molecule has 0 bridgehead atoms. The normalized spacial score (nSPS) is 18.5. The molecule has 1 aromatic heterocycles. The first-order valence-corrected chi connectivity index (χ1v) is 5.42. The van der Waals surface area contributed by atoms with Crippen LogP contribution in [0, 0.1) is 5.92 Å². The number of aliphatic carboxylic acids is 1. The van der Waals surface area contributed by atoms with Gasteiger partial charge in [0.15, 0.2) is 0 Å². The second-order valence-electron chi connectivity index (χ2n) is 4.29. The molecule has 1 heterocycles. The lowest BCUT2D eigenvalue weighted by atomic mass is 9.85. The Hall–Kier alpha value is -1.32. The van der Waals surface area contributed by atoms with Crippen LogP contribution in [0.5, 0.6) is 0 Å². The first-order chi connectivity index (χ1) is 7.18. The summed E-state index contributed by atoms with van der Waals surface area (Å²) in [4.78, 5) is 15.0. The fourth-order valence-electron chi connectivity index (χ4n) is 1.92. The van der Waals surface area contributed by atoms with Crippen LogP contribution in [-0.4, -0.2) is 20.6 Å². The van der Waals surface area contributed by atoms with Crippen molar-refractivity contribution >= 4 is 5.97 Å². The third-order valence-corrected chi connectivity index (χ3v) is 3.19. The maximum absolute atomic E-state index is 10.9. The van der Waals surface area contributed by atoms with Crippen LogP contribution in [0.2, 0.25) is 0 Å². The zero-order valence-electron chi connectivity index (χ0n) is 8.89. The quantitative estimate of drug-likeness (QED) is 0.821. The van der Waals surface area contributed by atoms with Gasteiger partial charge in [0.2, 0.25) is 0 Å². The summed E-state index contributed by atoms with van der Waals surface area (Å²) in [6, 6.07) is 0. The summed E-state index contributed by atoms with van der Waals surface area (Å²) in [5.74, 6) is 0.0736. The molecule has 0 spiro atoms. The summed E-state index contributed by atoms with van der Waals surface area (Å²) in [6.45, 7) is 2.61. The highest BCUT2D eigenvalue weighted by Gasteiger charge is 2.23. The summed E-state index contributed by atoms with van der Waals surface area (Å²) in [5.41, 5.74) is 0. The predicted molar refractivity (Wildman–Crippen MR) is 55.6 cm³/mol. The Labute approximate surface area is 88.9 Å².